The molecule has 0 aliphatic heterocycles. The zero-order chi connectivity index (χ0) is 18.2. The first-order chi connectivity index (χ1) is 12.0. The Kier molecular flexibility index (Phi) is 6.29. The van der Waals surface area contributed by atoms with E-state index >= 15 is 0 Å². The predicted molar refractivity (Wildman–Crippen MR) is 89.3 cm³/mol. The van der Waals surface area contributed by atoms with Crippen LogP contribution in [-0.4, -0.2) is 35.2 Å². The minimum atomic E-state index is -0.358. The monoisotopic (exact) mass is 341 g/mol. The van der Waals surface area contributed by atoms with Gasteiger partial charge in [0, 0.05) is 5.69 Å². The number of ether oxygens (including phenoxy) is 2. The quantitative estimate of drug-likeness (QED) is 0.415. The minimum Gasteiger partial charge on any atom is -0.490 e. The van der Waals surface area contributed by atoms with E-state index in [2.05, 4.69) is 5.10 Å². The average Bonchev–Trinajstić information content (AvgIpc) is 2.90. The molecule has 7 nitrogen and oxygen atoms in total. The first-order valence-electron chi connectivity index (χ1n) is 7.83. The van der Waals surface area contributed by atoms with Crippen molar-refractivity contribution in [1.29, 1.82) is 5.26 Å². The Bertz CT molecular complexity index is 788. The van der Waals surface area contributed by atoms with E-state index in [4.69, 9.17) is 14.7 Å². The van der Waals surface area contributed by atoms with E-state index in [0.717, 1.165) is 12.0 Å². The summed E-state index contributed by atoms with van der Waals surface area (Å²) >= 11 is 0. The van der Waals surface area contributed by atoms with Gasteiger partial charge in [-0.1, -0.05) is 0 Å². The van der Waals surface area contributed by atoms with Crippen LogP contribution in [0.1, 0.15) is 33.7 Å². The van der Waals surface area contributed by atoms with Crippen molar-refractivity contribution < 1.29 is 19.1 Å². The minimum absolute atomic E-state index is 0.134. The third-order valence-corrected chi connectivity index (χ3v) is 3.68. The van der Waals surface area contributed by atoms with Crippen LogP contribution >= 0.6 is 0 Å². The standard InChI is InChI=1S/C18H19N3O4/c1-13-17(12-22)14(2)21(20-13)8-7-18(23)25-10-9-24-16-5-3-15(11-19)4-6-16/h3-6,12H,7-10H2,1-2H3. The number of benzene rings is 1. The summed E-state index contributed by atoms with van der Waals surface area (Å²) in [5.41, 5.74) is 2.51. The second kappa shape index (κ2) is 8.64. The SMILES string of the molecule is Cc1nn(CCC(=O)OCCOc2ccc(C#N)cc2)c(C)c1C=O. The van der Waals surface area contributed by atoms with Gasteiger partial charge in [-0.2, -0.15) is 10.4 Å². The predicted octanol–water partition coefficient (Wildman–Crippen LogP) is 2.20. The van der Waals surface area contributed by atoms with Crippen molar-refractivity contribution in [2.75, 3.05) is 13.2 Å². The first kappa shape index (κ1) is 18.2. The molecule has 0 fully saturated rings. The fraction of sp³-hybridized carbons (Fsp3) is 0.333. The Morgan fingerprint density at radius 3 is 2.60 bits per heavy atom. The average molecular weight is 341 g/mol. The van der Waals surface area contributed by atoms with Crippen molar-refractivity contribution in [3.63, 3.8) is 0 Å². The zero-order valence-corrected chi connectivity index (χ0v) is 14.2. The number of hydrogen-bond acceptors (Lipinski definition) is 6. The molecule has 0 N–H and O–H groups in total. The van der Waals surface area contributed by atoms with E-state index in [-0.39, 0.29) is 25.6 Å². The van der Waals surface area contributed by atoms with E-state index in [1.807, 2.05) is 6.07 Å². The smallest absolute Gasteiger partial charge is 0.307 e. The summed E-state index contributed by atoms with van der Waals surface area (Å²) in [5.74, 6) is 0.253. The van der Waals surface area contributed by atoms with Gasteiger partial charge in [-0.05, 0) is 38.1 Å². The Morgan fingerprint density at radius 1 is 1.28 bits per heavy atom. The van der Waals surface area contributed by atoms with Gasteiger partial charge in [-0.25, -0.2) is 0 Å². The fourth-order valence-electron chi connectivity index (χ4n) is 2.31. The van der Waals surface area contributed by atoms with Crippen LogP contribution in [0.25, 0.3) is 0 Å². The number of aldehydes is 1. The number of carbonyl (C=O) groups is 2. The maximum absolute atomic E-state index is 11.8. The maximum atomic E-state index is 11.8. The molecule has 0 saturated heterocycles. The summed E-state index contributed by atoms with van der Waals surface area (Å²) in [5, 5.41) is 12.9. The van der Waals surface area contributed by atoms with E-state index in [0.29, 0.717) is 29.1 Å². The number of aromatic nitrogens is 2. The molecule has 7 heteroatoms. The van der Waals surface area contributed by atoms with Crippen molar-refractivity contribution in [1.82, 2.24) is 9.78 Å². The van der Waals surface area contributed by atoms with Crippen molar-refractivity contribution in [3.8, 4) is 11.8 Å². The van der Waals surface area contributed by atoms with Crippen molar-refractivity contribution in [3.05, 3.63) is 46.8 Å². The third kappa shape index (κ3) is 4.91. The lowest BCUT2D eigenvalue weighted by atomic mass is 10.2. The molecule has 25 heavy (non-hydrogen) atoms. The molecular formula is C18H19N3O4. The highest BCUT2D eigenvalue weighted by atomic mass is 16.6. The topological polar surface area (TPSA) is 94.2 Å². The molecular weight excluding hydrogens is 322 g/mol. The molecule has 2 rings (SSSR count). The molecule has 2 aromatic rings. The van der Waals surface area contributed by atoms with Crippen LogP contribution in [0.2, 0.25) is 0 Å². The van der Waals surface area contributed by atoms with Gasteiger partial charge in [0.25, 0.3) is 0 Å². The molecule has 130 valence electrons. The number of esters is 1. The summed E-state index contributed by atoms with van der Waals surface area (Å²) in [6.45, 7) is 4.27. The van der Waals surface area contributed by atoms with Crippen LogP contribution in [0.15, 0.2) is 24.3 Å². The van der Waals surface area contributed by atoms with E-state index < -0.39 is 0 Å². The molecule has 0 spiro atoms. The highest BCUT2D eigenvalue weighted by molar-refractivity contribution is 5.78. The molecule has 0 aliphatic carbocycles. The van der Waals surface area contributed by atoms with Crippen molar-refractivity contribution in [2.24, 2.45) is 0 Å². The van der Waals surface area contributed by atoms with E-state index in [1.54, 1.807) is 42.8 Å². The molecule has 0 saturated carbocycles. The van der Waals surface area contributed by atoms with Gasteiger partial charge >= 0.3 is 5.97 Å². The van der Waals surface area contributed by atoms with Gasteiger partial charge in [0.05, 0.1) is 35.9 Å². The summed E-state index contributed by atoms with van der Waals surface area (Å²) in [6.07, 6.45) is 0.935. The van der Waals surface area contributed by atoms with Gasteiger partial charge < -0.3 is 9.47 Å². The van der Waals surface area contributed by atoms with Crippen LogP contribution in [-0.2, 0) is 16.1 Å². The van der Waals surface area contributed by atoms with Gasteiger partial charge in [0.2, 0.25) is 0 Å². The highest BCUT2D eigenvalue weighted by Gasteiger charge is 2.12. The maximum Gasteiger partial charge on any atom is 0.307 e. The molecule has 1 aromatic carbocycles. The number of carbonyl (C=O) groups excluding carboxylic acids is 2. The van der Waals surface area contributed by atoms with E-state index in [9.17, 15) is 9.59 Å². The fourth-order valence-corrected chi connectivity index (χ4v) is 2.31. The number of aryl methyl sites for hydroxylation is 2. The largest absolute Gasteiger partial charge is 0.490 e. The molecule has 0 atom stereocenters. The van der Waals surface area contributed by atoms with Gasteiger partial charge in [-0.15, -0.1) is 0 Å². The Morgan fingerprint density at radius 2 is 2.00 bits per heavy atom. The molecule has 0 aliphatic rings. The lowest BCUT2D eigenvalue weighted by molar-refractivity contribution is -0.144. The number of rotatable bonds is 8. The summed E-state index contributed by atoms with van der Waals surface area (Å²) in [4.78, 5) is 22.7. The first-order valence-corrected chi connectivity index (χ1v) is 7.83. The molecule has 0 radical (unpaired) electrons. The second-order valence-corrected chi connectivity index (χ2v) is 5.38. The number of nitriles is 1. The van der Waals surface area contributed by atoms with Gasteiger partial charge in [0.15, 0.2) is 6.29 Å². The summed E-state index contributed by atoms with van der Waals surface area (Å²) in [7, 11) is 0. The summed E-state index contributed by atoms with van der Waals surface area (Å²) < 4.78 is 12.2. The third-order valence-electron chi connectivity index (χ3n) is 3.68. The van der Waals surface area contributed by atoms with Gasteiger partial charge in [0.1, 0.15) is 19.0 Å². The molecule has 0 unspecified atom stereocenters. The molecule has 1 aromatic heterocycles. The molecule has 0 bridgehead atoms. The van der Waals surface area contributed by atoms with Crippen LogP contribution < -0.4 is 4.74 Å². The molecule has 1 heterocycles. The van der Waals surface area contributed by atoms with Crippen molar-refractivity contribution in [2.45, 2.75) is 26.8 Å². The van der Waals surface area contributed by atoms with Crippen molar-refractivity contribution >= 4 is 12.3 Å². The summed E-state index contributed by atoms with van der Waals surface area (Å²) in [6, 6.07) is 8.71. The lowest BCUT2D eigenvalue weighted by Crippen LogP contribution is -2.15. The van der Waals surface area contributed by atoms with Crippen LogP contribution in [0, 0.1) is 25.2 Å². The lowest BCUT2D eigenvalue weighted by Gasteiger charge is -2.08. The van der Waals surface area contributed by atoms with Crippen LogP contribution in [0.5, 0.6) is 5.75 Å². The van der Waals surface area contributed by atoms with Gasteiger partial charge in [-0.3, -0.25) is 14.3 Å². The van der Waals surface area contributed by atoms with Crippen LogP contribution in [0.3, 0.4) is 0 Å². The Balaban J connectivity index is 1.70. The van der Waals surface area contributed by atoms with E-state index in [1.165, 1.54) is 0 Å². The molecule has 0 amide bonds. The zero-order valence-electron chi connectivity index (χ0n) is 14.2. The Hall–Kier alpha value is -3.14. The number of hydrogen-bond donors (Lipinski definition) is 0. The number of nitrogens with zero attached hydrogens (tertiary/aromatic N) is 3. The highest BCUT2D eigenvalue weighted by Crippen LogP contribution is 2.12. The Labute approximate surface area is 145 Å². The normalized spacial score (nSPS) is 10.1. The van der Waals surface area contributed by atoms with Crippen LogP contribution in [0.4, 0.5) is 0 Å². The second-order valence-electron chi connectivity index (χ2n) is 5.38.